The van der Waals surface area contributed by atoms with Gasteiger partial charge in [-0.05, 0) is 12.1 Å². The lowest BCUT2D eigenvalue weighted by Crippen LogP contribution is -2.25. The van der Waals surface area contributed by atoms with Gasteiger partial charge >= 0.3 is 11.2 Å². The van der Waals surface area contributed by atoms with Gasteiger partial charge in [-0.3, -0.25) is 4.79 Å². The van der Waals surface area contributed by atoms with Crippen LogP contribution < -0.4 is 10.3 Å². The van der Waals surface area contributed by atoms with Crippen LogP contribution in [0.15, 0.2) is 46.3 Å². The summed E-state index contributed by atoms with van der Waals surface area (Å²) in [5.41, 5.74) is -2.17. The van der Waals surface area contributed by atoms with Crippen LogP contribution in [-0.2, 0) is 16.0 Å². The smallest absolute Gasteiger partial charge is 0.422 e. The molecule has 31 heavy (non-hydrogen) atoms. The van der Waals surface area contributed by atoms with Crippen LogP contribution in [0.2, 0.25) is 0 Å². The van der Waals surface area contributed by atoms with Crippen LogP contribution in [0.4, 0.5) is 22.0 Å². The van der Waals surface area contributed by atoms with Crippen LogP contribution in [0.5, 0.6) is 5.75 Å². The third-order valence-corrected chi connectivity index (χ3v) is 5.97. The highest BCUT2D eigenvalue weighted by atomic mass is 79.9. The summed E-state index contributed by atoms with van der Waals surface area (Å²) in [5, 5.41) is -0.358. The first-order valence-corrected chi connectivity index (χ1v) is 10.8. The van der Waals surface area contributed by atoms with Gasteiger partial charge in [0.05, 0.1) is 29.1 Å². The molecule has 7 nitrogen and oxygen atoms in total. The van der Waals surface area contributed by atoms with E-state index in [2.05, 4.69) is 14.8 Å². The SMILES string of the molecule is CCS(=O)(=O)c1cc(OC(F)(F)Br)cnc1-n1ncc2ccc(C(F)(F)F)cc2c1=O. The van der Waals surface area contributed by atoms with Crippen LogP contribution >= 0.6 is 15.9 Å². The number of hydrogen-bond acceptors (Lipinski definition) is 6. The largest absolute Gasteiger partial charge is 0.459 e. The van der Waals surface area contributed by atoms with Crippen molar-refractivity contribution in [3.05, 3.63) is 52.6 Å². The normalized spacial score (nSPS) is 12.9. The minimum absolute atomic E-state index is 0.0769. The van der Waals surface area contributed by atoms with Gasteiger partial charge < -0.3 is 4.74 Å². The number of alkyl halides is 6. The molecule has 0 saturated carbocycles. The molecule has 0 unspecified atom stereocenters. The molecule has 0 bridgehead atoms. The number of hydrogen-bond donors (Lipinski definition) is 0. The van der Waals surface area contributed by atoms with Gasteiger partial charge in [-0.1, -0.05) is 13.0 Å². The van der Waals surface area contributed by atoms with Gasteiger partial charge in [-0.15, -0.1) is 0 Å². The summed E-state index contributed by atoms with van der Waals surface area (Å²) < 4.78 is 94.9. The summed E-state index contributed by atoms with van der Waals surface area (Å²) in [6.45, 7) is 1.26. The van der Waals surface area contributed by atoms with Crippen LogP contribution in [0.25, 0.3) is 16.6 Å². The highest BCUT2D eigenvalue weighted by molar-refractivity contribution is 9.09. The summed E-state index contributed by atoms with van der Waals surface area (Å²) in [4.78, 5) is 15.9. The van der Waals surface area contributed by atoms with Gasteiger partial charge in [0.2, 0.25) is 0 Å². The fourth-order valence-corrected chi connectivity index (χ4v) is 3.83. The number of fused-ring (bicyclic) bond motifs is 1. The molecular weight excluding hydrogens is 517 g/mol. The summed E-state index contributed by atoms with van der Waals surface area (Å²) in [7, 11) is -4.14. The number of rotatable bonds is 5. The van der Waals surface area contributed by atoms with Gasteiger partial charge in [0.25, 0.3) is 5.56 Å². The second-order valence-electron chi connectivity index (χ2n) is 6.11. The quantitative estimate of drug-likeness (QED) is 0.369. The average Bonchev–Trinajstić information content (AvgIpc) is 2.66. The minimum Gasteiger partial charge on any atom is -0.422 e. The lowest BCUT2D eigenvalue weighted by atomic mass is 10.1. The second-order valence-corrected chi connectivity index (χ2v) is 9.28. The second kappa shape index (κ2) is 7.82. The Morgan fingerprint density at radius 3 is 2.39 bits per heavy atom. The molecule has 0 fully saturated rings. The van der Waals surface area contributed by atoms with Crippen molar-refractivity contribution < 1.29 is 35.1 Å². The number of aromatic nitrogens is 3. The van der Waals surface area contributed by atoms with Crippen LogP contribution in [-0.4, -0.2) is 34.0 Å². The molecule has 0 radical (unpaired) electrons. The predicted octanol–water partition coefficient (Wildman–Crippen LogP) is 3.92. The Hall–Kier alpha value is -2.61. The monoisotopic (exact) mass is 527 g/mol. The summed E-state index contributed by atoms with van der Waals surface area (Å²) in [5.74, 6) is -1.70. The Bertz CT molecular complexity index is 1320. The molecule has 0 spiro atoms. The zero-order valence-electron chi connectivity index (χ0n) is 15.3. The van der Waals surface area contributed by atoms with Crippen molar-refractivity contribution in [3.63, 3.8) is 0 Å². The molecule has 2 heterocycles. The maximum absolute atomic E-state index is 13.1. The molecule has 0 aliphatic heterocycles. The summed E-state index contributed by atoms with van der Waals surface area (Å²) in [6.07, 6.45) is -2.94. The standard InChI is InChI=1S/C17H11BrF5N3O4S/c1-2-31(28,29)13-6-11(30-17(18,22)23)8-24-14(13)26-15(27)12-5-10(16(19,20)21)4-3-9(12)7-25-26/h3-8H,2H2,1H3. The Balaban J connectivity index is 2.28. The van der Waals surface area contributed by atoms with E-state index >= 15 is 0 Å². The van der Waals surface area contributed by atoms with E-state index in [0.717, 1.165) is 30.6 Å². The summed E-state index contributed by atoms with van der Waals surface area (Å²) in [6, 6.07) is 3.14. The fraction of sp³-hybridized carbons (Fsp3) is 0.235. The Labute approximate surface area is 179 Å². The first-order valence-electron chi connectivity index (χ1n) is 8.31. The zero-order chi connectivity index (χ0) is 23.2. The Morgan fingerprint density at radius 2 is 1.81 bits per heavy atom. The van der Waals surface area contributed by atoms with E-state index in [1.165, 1.54) is 6.92 Å². The molecule has 0 N–H and O–H groups in total. The molecule has 0 aliphatic carbocycles. The predicted molar refractivity (Wildman–Crippen MR) is 102 cm³/mol. The minimum atomic E-state index is -4.72. The van der Waals surface area contributed by atoms with Crippen LogP contribution in [0.1, 0.15) is 12.5 Å². The molecule has 1 aromatic carbocycles. The molecule has 3 aromatic rings. The lowest BCUT2D eigenvalue weighted by molar-refractivity contribution is -0.137. The molecule has 0 atom stereocenters. The number of sulfone groups is 1. The number of pyridine rings is 1. The highest BCUT2D eigenvalue weighted by Gasteiger charge is 2.32. The van der Waals surface area contributed by atoms with Gasteiger partial charge in [0.1, 0.15) is 10.6 Å². The number of benzene rings is 1. The molecule has 166 valence electrons. The summed E-state index contributed by atoms with van der Waals surface area (Å²) >= 11 is 1.94. The first-order chi connectivity index (χ1) is 14.2. The molecule has 3 rings (SSSR count). The van der Waals surface area contributed by atoms with E-state index in [1.807, 2.05) is 15.9 Å². The van der Waals surface area contributed by atoms with Gasteiger partial charge in [0, 0.05) is 27.4 Å². The average molecular weight is 528 g/mol. The first kappa shape index (κ1) is 23.1. The number of halogens is 6. The molecule has 0 saturated heterocycles. The number of nitrogens with zero attached hydrogens (tertiary/aromatic N) is 3. The zero-order valence-corrected chi connectivity index (χ0v) is 17.7. The highest BCUT2D eigenvalue weighted by Crippen LogP contribution is 2.32. The van der Waals surface area contributed by atoms with Crippen LogP contribution in [0, 0.1) is 0 Å². The molecular formula is C17H11BrF5N3O4S. The van der Waals surface area contributed by atoms with E-state index in [4.69, 9.17) is 0 Å². The third kappa shape index (κ3) is 4.84. The van der Waals surface area contributed by atoms with E-state index in [9.17, 15) is 35.2 Å². The topological polar surface area (TPSA) is 91.2 Å². The van der Waals surface area contributed by atoms with Crippen molar-refractivity contribution >= 4 is 36.5 Å². The van der Waals surface area contributed by atoms with E-state index < -0.39 is 59.8 Å². The third-order valence-electron chi connectivity index (χ3n) is 4.07. The maximum Gasteiger partial charge on any atom is 0.459 e. The molecule has 0 amide bonds. The van der Waals surface area contributed by atoms with E-state index in [-0.39, 0.29) is 5.39 Å². The van der Waals surface area contributed by atoms with Crippen LogP contribution in [0.3, 0.4) is 0 Å². The van der Waals surface area contributed by atoms with Crippen molar-refractivity contribution in [1.29, 1.82) is 0 Å². The van der Waals surface area contributed by atoms with Gasteiger partial charge in [0.15, 0.2) is 15.7 Å². The lowest BCUT2D eigenvalue weighted by Gasteiger charge is -2.15. The van der Waals surface area contributed by atoms with Crippen molar-refractivity contribution in [2.75, 3.05) is 5.75 Å². The van der Waals surface area contributed by atoms with Gasteiger partial charge in [-0.25, -0.2) is 13.4 Å². The van der Waals surface area contributed by atoms with E-state index in [1.54, 1.807) is 0 Å². The Kier molecular flexibility index (Phi) is 5.82. The van der Waals surface area contributed by atoms with Crippen molar-refractivity contribution in [3.8, 4) is 11.6 Å². The molecule has 14 heteroatoms. The van der Waals surface area contributed by atoms with Crippen molar-refractivity contribution in [2.45, 2.75) is 23.0 Å². The molecule has 2 aromatic heterocycles. The van der Waals surface area contributed by atoms with Crippen molar-refractivity contribution in [1.82, 2.24) is 14.8 Å². The van der Waals surface area contributed by atoms with Gasteiger partial charge in [-0.2, -0.15) is 31.7 Å². The Morgan fingerprint density at radius 1 is 1.13 bits per heavy atom. The molecule has 0 aliphatic rings. The maximum atomic E-state index is 13.1. The fourth-order valence-electron chi connectivity index (χ4n) is 2.62. The number of ether oxygens (including phenoxy) is 1. The van der Waals surface area contributed by atoms with Crippen molar-refractivity contribution in [2.24, 2.45) is 0 Å². The van der Waals surface area contributed by atoms with E-state index in [0.29, 0.717) is 10.7 Å².